The number of fused-ring (bicyclic) bond motifs is 1. The van der Waals surface area contributed by atoms with Crippen molar-refractivity contribution in [2.24, 2.45) is 0 Å². The smallest absolute Gasteiger partial charge is 0.378 e. The average molecular weight is 482 g/mol. The molecule has 0 atom stereocenters. The van der Waals surface area contributed by atoms with E-state index in [1.165, 1.54) is 28.9 Å². The van der Waals surface area contributed by atoms with Crippen LogP contribution in [0.5, 0.6) is 0 Å². The highest BCUT2D eigenvalue weighted by molar-refractivity contribution is 6.02. The number of rotatable bonds is 4. The number of hydrogen-bond donors (Lipinski definition) is 1. The lowest BCUT2D eigenvalue weighted by Crippen LogP contribution is -2.37. The Morgan fingerprint density at radius 3 is 2.63 bits per heavy atom. The Bertz CT molecular complexity index is 1400. The maximum Gasteiger partial charge on any atom is 0.417 e. The van der Waals surface area contributed by atoms with Crippen molar-refractivity contribution in [2.75, 3.05) is 36.5 Å². The minimum atomic E-state index is -4.54. The molecule has 4 aromatic rings. The summed E-state index contributed by atoms with van der Waals surface area (Å²) in [5, 5.41) is 7.14. The molecule has 1 fully saturated rings. The Morgan fingerprint density at radius 2 is 1.86 bits per heavy atom. The van der Waals surface area contributed by atoms with Gasteiger partial charge >= 0.3 is 6.18 Å². The number of aryl methyl sites for hydroxylation is 1. The molecule has 8 nitrogen and oxygen atoms in total. The maximum atomic E-state index is 13.6. The molecule has 1 aromatic carbocycles. The molecule has 0 aliphatic carbocycles. The number of carbonyl (C=O) groups is 1. The summed E-state index contributed by atoms with van der Waals surface area (Å²) in [5.41, 5.74) is 0.415. The van der Waals surface area contributed by atoms with Crippen LogP contribution in [0.25, 0.3) is 16.9 Å². The van der Waals surface area contributed by atoms with Gasteiger partial charge in [0.2, 0.25) is 0 Å². The minimum absolute atomic E-state index is 0.0507. The van der Waals surface area contributed by atoms with Gasteiger partial charge in [0.15, 0.2) is 11.5 Å². The Kier molecular flexibility index (Phi) is 5.85. The van der Waals surface area contributed by atoms with Gasteiger partial charge in [-0.05, 0) is 36.8 Å². The zero-order chi connectivity index (χ0) is 24.6. The van der Waals surface area contributed by atoms with Crippen LogP contribution in [-0.4, -0.2) is 51.8 Å². The fourth-order valence-electron chi connectivity index (χ4n) is 3.99. The van der Waals surface area contributed by atoms with E-state index in [0.29, 0.717) is 43.3 Å². The number of nitrogens with zero attached hydrogens (tertiary/aromatic N) is 5. The molecule has 3 aromatic heterocycles. The number of carbonyl (C=O) groups excluding carboxylic acids is 1. The standard InChI is InChI=1S/C24H21F3N6O2/c1-15-13-20-28-14-21(33(20)31-22(15)16-5-2-3-6-17(16)24(25,26)27)30-23(34)18-7-4-8-19(29-18)32-9-11-35-12-10-32/h2-8,13-14H,9-12H2,1H3,(H,30,34). The van der Waals surface area contributed by atoms with Crippen LogP contribution < -0.4 is 10.2 Å². The van der Waals surface area contributed by atoms with Gasteiger partial charge in [0, 0.05) is 18.7 Å². The predicted molar refractivity (Wildman–Crippen MR) is 123 cm³/mol. The molecule has 0 radical (unpaired) electrons. The maximum absolute atomic E-state index is 13.6. The summed E-state index contributed by atoms with van der Waals surface area (Å²) in [6.07, 6.45) is -3.13. The van der Waals surface area contributed by atoms with E-state index in [4.69, 9.17) is 4.74 Å². The van der Waals surface area contributed by atoms with Gasteiger partial charge in [0.25, 0.3) is 5.91 Å². The third-order valence-electron chi connectivity index (χ3n) is 5.71. The van der Waals surface area contributed by atoms with E-state index in [0.717, 1.165) is 6.07 Å². The van der Waals surface area contributed by atoms with Gasteiger partial charge in [-0.1, -0.05) is 24.3 Å². The third kappa shape index (κ3) is 4.54. The van der Waals surface area contributed by atoms with Gasteiger partial charge in [-0.3, -0.25) is 4.79 Å². The molecule has 180 valence electrons. The molecular weight excluding hydrogens is 461 g/mol. The van der Waals surface area contributed by atoms with Crippen LogP contribution in [0.15, 0.2) is 54.7 Å². The molecule has 1 aliphatic rings. The van der Waals surface area contributed by atoms with Gasteiger partial charge < -0.3 is 15.0 Å². The second kappa shape index (κ2) is 8.99. The first-order valence-electron chi connectivity index (χ1n) is 10.9. The molecular formula is C24H21F3N6O2. The molecule has 4 heterocycles. The number of nitrogens with one attached hydrogen (secondary N) is 1. The number of pyridine rings is 1. The summed E-state index contributed by atoms with van der Waals surface area (Å²) < 4.78 is 47.5. The lowest BCUT2D eigenvalue weighted by Gasteiger charge is -2.27. The Hall–Kier alpha value is -3.99. The van der Waals surface area contributed by atoms with Crippen LogP contribution in [0.3, 0.4) is 0 Å². The summed E-state index contributed by atoms with van der Waals surface area (Å²) in [4.78, 5) is 23.7. The lowest BCUT2D eigenvalue weighted by molar-refractivity contribution is -0.137. The van der Waals surface area contributed by atoms with Crippen molar-refractivity contribution in [1.29, 1.82) is 0 Å². The van der Waals surface area contributed by atoms with Gasteiger partial charge in [-0.15, -0.1) is 0 Å². The number of hydrogen-bond acceptors (Lipinski definition) is 6. The van der Waals surface area contributed by atoms with Gasteiger partial charge in [0.05, 0.1) is 30.7 Å². The lowest BCUT2D eigenvalue weighted by atomic mass is 10.0. The average Bonchev–Trinajstić information content (AvgIpc) is 3.24. The molecule has 0 unspecified atom stereocenters. The van der Waals surface area contributed by atoms with Crippen LogP contribution in [0.1, 0.15) is 21.6 Å². The summed E-state index contributed by atoms with van der Waals surface area (Å²) in [5.74, 6) is 0.398. The SMILES string of the molecule is Cc1cc2ncc(NC(=O)c3cccc(N4CCOCC4)n3)n2nc1-c1ccccc1C(F)(F)F. The van der Waals surface area contributed by atoms with Crippen molar-refractivity contribution >= 4 is 23.2 Å². The molecule has 35 heavy (non-hydrogen) atoms. The molecule has 1 saturated heterocycles. The Labute approximate surface area is 198 Å². The van der Waals surface area contributed by atoms with E-state index in [1.54, 1.807) is 25.1 Å². The number of imidazole rings is 1. The first-order valence-corrected chi connectivity index (χ1v) is 10.9. The molecule has 1 aliphatic heterocycles. The van der Waals surface area contributed by atoms with Gasteiger partial charge in [0.1, 0.15) is 11.5 Å². The Balaban J connectivity index is 1.48. The van der Waals surface area contributed by atoms with Crippen molar-refractivity contribution in [3.05, 3.63) is 71.5 Å². The van der Waals surface area contributed by atoms with Gasteiger partial charge in [-0.2, -0.15) is 22.8 Å². The quantitative estimate of drug-likeness (QED) is 0.469. The minimum Gasteiger partial charge on any atom is -0.378 e. The second-order valence-corrected chi connectivity index (χ2v) is 8.07. The van der Waals surface area contributed by atoms with E-state index < -0.39 is 17.6 Å². The molecule has 0 bridgehead atoms. The zero-order valence-electron chi connectivity index (χ0n) is 18.7. The Morgan fingerprint density at radius 1 is 1.09 bits per heavy atom. The van der Waals surface area contributed by atoms with E-state index in [2.05, 4.69) is 20.4 Å². The highest BCUT2D eigenvalue weighted by Crippen LogP contribution is 2.37. The van der Waals surface area contributed by atoms with E-state index >= 15 is 0 Å². The normalized spacial score (nSPS) is 14.3. The molecule has 5 rings (SSSR count). The van der Waals surface area contributed by atoms with Gasteiger partial charge in [-0.25, -0.2) is 9.97 Å². The number of aromatic nitrogens is 4. The van der Waals surface area contributed by atoms with E-state index in [9.17, 15) is 18.0 Å². The highest BCUT2D eigenvalue weighted by Gasteiger charge is 2.34. The predicted octanol–water partition coefficient (Wildman–Crippen LogP) is 4.21. The summed E-state index contributed by atoms with van der Waals surface area (Å²) in [6, 6.07) is 12.0. The van der Waals surface area contributed by atoms with Crippen molar-refractivity contribution in [3.8, 4) is 11.3 Å². The van der Waals surface area contributed by atoms with Crippen molar-refractivity contribution in [1.82, 2.24) is 19.6 Å². The molecule has 11 heteroatoms. The summed E-state index contributed by atoms with van der Waals surface area (Å²) in [7, 11) is 0. The molecule has 1 amide bonds. The monoisotopic (exact) mass is 482 g/mol. The summed E-state index contributed by atoms with van der Waals surface area (Å²) in [6.45, 7) is 4.20. The van der Waals surface area contributed by atoms with Crippen LogP contribution in [0.2, 0.25) is 0 Å². The molecule has 1 N–H and O–H groups in total. The van der Waals surface area contributed by atoms with Crippen molar-refractivity contribution in [2.45, 2.75) is 13.1 Å². The number of amides is 1. The first kappa shape index (κ1) is 22.8. The zero-order valence-corrected chi connectivity index (χ0v) is 18.7. The number of halogens is 3. The fourth-order valence-corrected chi connectivity index (χ4v) is 3.99. The number of anilines is 2. The van der Waals surface area contributed by atoms with Crippen LogP contribution in [0, 0.1) is 6.92 Å². The van der Waals surface area contributed by atoms with Crippen LogP contribution >= 0.6 is 0 Å². The second-order valence-electron chi connectivity index (χ2n) is 8.07. The largest absolute Gasteiger partial charge is 0.417 e. The number of alkyl halides is 3. The first-order chi connectivity index (χ1) is 16.8. The van der Waals surface area contributed by atoms with Crippen molar-refractivity contribution < 1.29 is 22.7 Å². The van der Waals surface area contributed by atoms with Crippen molar-refractivity contribution in [3.63, 3.8) is 0 Å². The number of benzene rings is 1. The highest BCUT2D eigenvalue weighted by atomic mass is 19.4. The van der Waals surface area contributed by atoms with E-state index in [-0.39, 0.29) is 22.8 Å². The van der Waals surface area contributed by atoms with E-state index in [1.807, 2.05) is 11.0 Å². The topological polar surface area (TPSA) is 84.7 Å². The third-order valence-corrected chi connectivity index (χ3v) is 5.71. The number of morpholine rings is 1. The van der Waals surface area contributed by atoms with Crippen LogP contribution in [0.4, 0.5) is 24.8 Å². The molecule has 0 saturated carbocycles. The fraction of sp³-hybridized carbons (Fsp3) is 0.250. The number of ether oxygens (including phenoxy) is 1. The molecule has 0 spiro atoms. The summed E-state index contributed by atoms with van der Waals surface area (Å²) >= 11 is 0. The van der Waals surface area contributed by atoms with Crippen LogP contribution in [-0.2, 0) is 10.9 Å².